The molecule has 14 heavy (non-hydrogen) atoms. The molecule has 1 rings (SSSR count). The number of benzene rings is 1. The number of hydrogen-bond donors (Lipinski definition) is 1. The Kier molecular flexibility index (Phi) is 4.41. The minimum atomic E-state index is 0.100. The average molecular weight is 189 g/mol. The average Bonchev–Trinajstić information content (AvgIpc) is 2.20. The first-order valence-electron chi connectivity index (χ1n) is 5.23. The Morgan fingerprint density at radius 2 is 2.00 bits per heavy atom. The molecule has 0 saturated heterocycles. The molecule has 0 bridgehead atoms. The lowest BCUT2D eigenvalue weighted by atomic mass is 10.0. The van der Waals surface area contributed by atoms with Crippen LogP contribution < -0.4 is 5.73 Å². The Bertz CT molecular complexity index is 274. The van der Waals surface area contributed by atoms with Gasteiger partial charge in [-0.05, 0) is 24.0 Å². The van der Waals surface area contributed by atoms with Gasteiger partial charge in [-0.25, -0.2) is 0 Å². The van der Waals surface area contributed by atoms with Crippen LogP contribution in [0.5, 0.6) is 0 Å². The second kappa shape index (κ2) is 5.61. The van der Waals surface area contributed by atoms with Crippen molar-refractivity contribution in [3.63, 3.8) is 0 Å². The van der Waals surface area contributed by atoms with E-state index in [4.69, 9.17) is 5.73 Å². The summed E-state index contributed by atoms with van der Waals surface area (Å²) in [5.74, 6) is 0. The lowest BCUT2D eigenvalue weighted by Gasteiger charge is -2.09. The molecule has 1 atom stereocenters. The molecule has 1 aromatic carbocycles. The van der Waals surface area contributed by atoms with E-state index in [1.54, 1.807) is 0 Å². The van der Waals surface area contributed by atoms with Crippen LogP contribution in [0.15, 0.2) is 36.9 Å². The van der Waals surface area contributed by atoms with Gasteiger partial charge in [0, 0.05) is 6.04 Å². The van der Waals surface area contributed by atoms with Crippen LogP contribution in [0, 0.1) is 0 Å². The van der Waals surface area contributed by atoms with Crippen molar-refractivity contribution >= 4 is 0 Å². The van der Waals surface area contributed by atoms with E-state index >= 15 is 0 Å². The van der Waals surface area contributed by atoms with Gasteiger partial charge in [-0.15, -0.1) is 6.58 Å². The summed E-state index contributed by atoms with van der Waals surface area (Å²) in [5.41, 5.74) is 8.55. The predicted molar refractivity (Wildman–Crippen MR) is 62.2 cm³/mol. The van der Waals surface area contributed by atoms with Crippen LogP contribution in [-0.4, -0.2) is 0 Å². The van der Waals surface area contributed by atoms with Gasteiger partial charge in [0.2, 0.25) is 0 Å². The van der Waals surface area contributed by atoms with Crippen LogP contribution in [0.2, 0.25) is 0 Å². The maximum atomic E-state index is 5.96. The minimum Gasteiger partial charge on any atom is -0.324 e. The summed E-state index contributed by atoms with van der Waals surface area (Å²) >= 11 is 0. The van der Waals surface area contributed by atoms with Crippen LogP contribution >= 0.6 is 0 Å². The molecule has 0 spiro atoms. The van der Waals surface area contributed by atoms with Crippen LogP contribution in [-0.2, 0) is 6.42 Å². The largest absolute Gasteiger partial charge is 0.324 e. The first-order chi connectivity index (χ1) is 6.77. The third-order valence-electron chi connectivity index (χ3n) is 2.37. The molecular weight excluding hydrogens is 170 g/mol. The second-order valence-electron chi connectivity index (χ2n) is 3.62. The van der Waals surface area contributed by atoms with E-state index in [1.165, 1.54) is 17.5 Å². The number of aryl methyl sites for hydroxylation is 1. The third-order valence-corrected chi connectivity index (χ3v) is 2.37. The van der Waals surface area contributed by atoms with E-state index in [9.17, 15) is 0 Å². The molecule has 1 nitrogen and oxygen atoms in total. The van der Waals surface area contributed by atoms with E-state index in [-0.39, 0.29) is 6.04 Å². The fourth-order valence-electron chi connectivity index (χ4n) is 1.54. The maximum absolute atomic E-state index is 5.96. The maximum Gasteiger partial charge on any atom is 0.0329 e. The second-order valence-corrected chi connectivity index (χ2v) is 3.62. The van der Waals surface area contributed by atoms with Crippen molar-refractivity contribution < 1.29 is 0 Å². The van der Waals surface area contributed by atoms with Crippen molar-refractivity contribution in [2.24, 2.45) is 5.73 Å². The van der Waals surface area contributed by atoms with Crippen LogP contribution in [0.3, 0.4) is 0 Å². The topological polar surface area (TPSA) is 26.0 Å². The zero-order valence-corrected chi connectivity index (χ0v) is 8.87. The van der Waals surface area contributed by atoms with Gasteiger partial charge in [-0.2, -0.15) is 0 Å². The van der Waals surface area contributed by atoms with Crippen LogP contribution in [0.4, 0.5) is 0 Å². The normalized spacial score (nSPS) is 12.4. The van der Waals surface area contributed by atoms with Crippen molar-refractivity contribution in [1.82, 2.24) is 0 Å². The standard InChI is InChI=1S/C13H19N/c1-3-5-11-7-9-12(10-8-11)13(14)6-4-2/h4,7-10,13H,2-3,5-6,14H2,1H3/t13-/m0/s1. The first kappa shape index (κ1) is 11.0. The third kappa shape index (κ3) is 3.00. The van der Waals surface area contributed by atoms with E-state index in [0.717, 1.165) is 12.8 Å². The lowest BCUT2D eigenvalue weighted by Crippen LogP contribution is -2.08. The quantitative estimate of drug-likeness (QED) is 0.707. The van der Waals surface area contributed by atoms with E-state index in [0.29, 0.717) is 0 Å². The Labute approximate surface area is 86.6 Å². The highest BCUT2D eigenvalue weighted by molar-refractivity contribution is 5.25. The lowest BCUT2D eigenvalue weighted by molar-refractivity contribution is 0.741. The van der Waals surface area contributed by atoms with Crippen molar-refractivity contribution in [2.75, 3.05) is 0 Å². The van der Waals surface area contributed by atoms with Gasteiger partial charge in [0.25, 0.3) is 0 Å². The van der Waals surface area contributed by atoms with Gasteiger partial charge in [-0.1, -0.05) is 43.7 Å². The van der Waals surface area contributed by atoms with Gasteiger partial charge < -0.3 is 5.73 Å². The molecule has 0 aromatic heterocycles. The summed E-state index contributed by atoms with van der Waals surface area (Å²) in [6.07, 6.45) is 5.05. The van der Waals surface area contributed by atoms with Crippen molar-refractivity contribution in [3.05, 3.63) is 48.0 Å². The Morgan fingerprint density at radius 1 is 1.36 bits per heavy atom. The van der Waals surface area contributed by atoms with Gasteiger partial charge in [0.05, 0.1) is 0 Å². The van der Waals surface area contributed by atoms with Crippen LogP contribution in [0.25, 0.3) is 0 Å². The smallest absolute Gasteiger partial charge is 0.0329 e. The fraction of sp³-hybridized carbons (Fsp3) is 0.385. The zero-order valence-electron chi connectivity index (χ0n) is 8.87. The summed E-state index contributed by atoms with van der Waals surface area (Å²) in [6, 6.07) is 8.69. The summed E-state index contributed by atoms with van der Waals surface area (Å²) < 4.78 is 0. The van der Waals surface area contributed by atoms with Gasteiger partial charge in [-0.3, -0.25) is 0 Å². The van der Waals surface area contributed by atoms with E-state index in [1.807, 2.05) is 6.08 Å². The van der Waals surface area contributed by atoms with Crippen LogP contribution in [0.1, 0.15) is 36.9 Å². The predicted octanol–water partition coefficient (Wildman–Crippen LogP) is 3.22. The van der Waals surface area contributed by atoms with Gasteiger partial charge in [0.15, 0.2) is 0 Å². The van der Waals surface area contributed by atoms with E-state index in [2.05, 4.69) is 37.8 Å². The minimum absolute atomic E-state index is 0.100. The zero-order chi connectivity index (χ0) is 10.4. The summed E-state index contributed by atoms with van der Waals surface area (Å²) in [4.78, 5) is 0. The molecule has 0 heterocycles. The van der Waals surface area contributed by atoms with E-state index < -0.39 is 0 Å². The SMILES string of the molecule is C=CC[C@H](N)c1ccc(CCC)cc1. The highest BCUT2D eigenvalue weighted by Crippen LogP contribution is 2.15. The fourth-order valence-corrected chi connectivity index (χ4v) is 1.54. The summed E-state index contributed by atoms with van der Waals surface area (Å²) in [5, 5.41) is 0. The van der Waals surface area contributed by atoms with Crippen molar-refractivity contribution in [1.29, 1.82) is 0 Å². The van der Waals surface area contributed by atoms with Gasteiger partial charge >= 0.3 is 0 Å². The molecule has 0 amide bonds. The molecule has 76 valence electrons. The Balaban J connectivity index is 2.67. The van der Waals surface area contributed by atoms with Crippen molar-refractivity contribution in [2.45, 2.75) is 32.2 Å². The highest BCUT2D eigenvalue weighted by atomic mass is 14.6. The Hall–Kier alpha value is -1.08. The molecule has 0 aliphatic heterocycles. The molecule has 0 aliphatic carbocycles. The summed E-state index contributed by atoms with van der Waals surface area (Å²) in [6.45, 7) is 5.88. The first-order valence-corrected chi connectivity index (χ1v) is 5.23. The number of nitrogens with two attached hydrogens (primary N) is 1. The van der Waals surface area contributed by atoms with Gasteiger partial charge in [0.1, 0.15) is 0 Å². The Morgan fingerprint density at radius 3 is 2.50 bits per heavy atom. The number of rotatable bonds is 5. The highest BCUT2D eigenvalue weighted by Gasteiger charge is 2.02. The molecule has 0 unspecified atom stereocenters. The molecular formula is C13H19N. The molecule has 2 N–H and O–H groups in total. The molecule has 0 aliphatic rings. The molecule has 1 aromatic rings. The van der Waals surface area contributed by atoms with Crippen molar-refractivity contribution in [3.8, 4) is 0 Å². The number of hydrogen-bond acceptors (Lipinski definition) is 1. The molecule has 0 fully saturated rings. The molecule has 1 heteroatoms. The molecule has 0 radical (unpaired) electrons. The monoisotopic (exact) mass is 189 g/mol. The summed E-state index contributed by atoms with van der Waals surface area (Å²) in [7, 11) is 0. The molecule has 0 saturated carbocycles.